The van der Waals surface area contributed by atoms with Crippen molar-refractivity contribution in [3.63, 3.8) is 0 Å². The number of nitrogens with one attached hydrogen (secondary N) is 1. The van der Waals surface area contributed by atoms with Crippen LogP contribution in [0.1, 0.15) is 12.0 Å². The number of thiophene rings is 1. The summed E-state index contributed by atoms with van der Waals surface area (Å²) in [4.78, 5) is 0.176. The lowest BCUT2D eigenvalue weighted by molar-refractivity contribution is 0.588. The highest BCUT2D eigenvalue weighted by Crippen LogP contribution is 2.35. The maximum absolute atomic E-state index is 12.9. The predicted molar refractivity (Wildman–Crippen MR) is 111 cm³/mol. The topological polar surface area (TPSA) is 83.6 Å². The summed E-state index contributed by atoms with van der Waals surface area (Å²) in [6.07, 6.45) is 1.36. The van der Waals surface area contributed by atoms with Crippen LogP contribution in [-0.4, -0.2) is 23.4 Å². The van der Waals surface area contributed by atoms with Gasteiger partial charge in [0.15, 0.2) is 0 Å². The Kier molecular flexibility index (Phi) is 4.90. The first-order valence-corrected chi connectivity index (χ1v) is 12.5. The number of sulfonamides is 2. The molecule has 0 saturated heterocycles. The fraction of sp³-hybridized carbons (Fsp3) is 0.158. The van der Waals surface area contributed by atoms with E-state index >= 15 is 0 Å². The van der Waals surface area contributed by atoms with Crippen LogP contribution in [0.5, 0.6) is 0 Å². The van der Waals surface area contributed by atoms with Crippen molar-refractivity contribution in [3.05, 3.63) is 71.6 Å². The van der Waals surface area contributed by atoms with Gasteiger partial charge in [-0.2, -0.15) is 0 Å². The summed E-state index contributed by atoms with van der Waals surface area (Å²) in [6, 6.07) is 16.4. The van der Waals surface area contributed by atoms with Crippen LogP contribution in [0.4, 0.5) is 11.4 Å². The van der Waals surface area contributed by atoms with Crippen LogP contribution in [-0.2, 0) is 26.5 Å². The van der Waals surface area contributed by atoms with E-state index in [0.29, 0.717) is 35.0 Å². The molecule has 0 bridgehead atoms. The molecule has 28 heavy (non-hydrogen) atoms. The summed E-state index contributed by atoms with van der Waals surface area (Å²) >= 11 is 1.19. The van der Waals surface area contributed by atoms with Crippen molar-refractivity contribution in [1.29, 1.82) is 0 Å². The quantitative estimate of drug-likeness (QED) is 0.664. The van der Waals surface area contributed by atoms with Crippen molar-refractivity contribution in [3.8, 4) is 0 Å². The van der Waals surface area contributed by atoms with Gasteiger partial charge in [0, 0.05) is 12.2 Å². The first-order valence-electron chi connectivity index (χ1n) is 8.65. The van der Waals surface area contributed by atoms with Gasteiger partial charge in [-0.25, -0.2) is 16.8 Å². The number of hydrogen-bond acceptors (Lipinski definition) is 5. The predicted octanol–water partition coefficient (Wildman–Crippen LogP) is 3.69. The van der Waals surface area contributed by atoms with Crippen LogP contribution in [0.2, 0.25) is 0 Å². The maximum atomic E-state index is 12.9. The monoisotopic (exact) mass is 434 g/mol. The van der Waals surface area contributed by atoms with Crippen molar-refractivity contribution in [2.45, 2.75) is 21.9 Å². The van der Waals surface area contributed by atoms with Gasteiger partial charge in [0.2, 0.25) is 0 Å². The summed E-state index contributed by atoms with van der Waals surface area (Å²) in [5.41, 5.74) is 1.82. The third-order valence-corrected chi connectivity index (χ3v) is 9.08. The molecule has 146 valence electrons. The highest BCUT2D eigenvalue weighted by atomic mass is 32.2. The standard InChI is InChI=1S/C19H18N2O4S3/c22-27(23,17-7-2-1-3-8-17)20-16-10-11-18-15(14-16)6-4-12-21(18)28(24,25)19-9-5-13-26-19/h1-3,5,7-11,13-14,20H,4,6,12H2. The minimum atomic E-state index is -3.70. The molecule has 1 aliphatic heterocycles. The fourth-order valence-corrected chi connectivity index (χ4v) is 6.92. The van der Waals surface area contributed by atoms with Gasteiger partial charge >= 0.3 is 0 Å². The van der Waals surface area contributed by atoms with Crippen molar-refractivity contribution in [2.24, 2.45) is 0 Å². The minimum absolute atomic E-state index is 0.176. The van der Waals surface area contributed by atoms with Crippen molar-refractivity contribution in [1.82, 2.24) is 0 Å². The molecule has 0 atom stereocenters. The molecule has 0 radical (unpaired) electrons. The van der Waals surface area contributed by atoms with E-state index in [4.69, 9.17) is 0 Å². The van der Waals surface area contributed by atoms with E-state index in [1.807, 2.05) is 0 Å². The lowest BCUT2D eigenvalue weighted by Gasteiger charge is -2.30. The number of hydrogen-bond donors (Lipinski definition) is 1. The van der Waals surface area contributed by atoms with E-state index in [1.54, 1.807) is 53.9 Å². The Morgan fingerprint density at radius 1 is 0.929 bits per heavy atom. The van der Waals surface area contributed by atoms with E-state index < -0.39 is 20.0 Å². The molecule has 6 nitrogen and oxygen atoms in total. The van der Waals surface area contributed by atoms with E-state index in [1.165, 1.54) is 27.8 Å². The molecule has 9 heteroatoms. The number of anilines is 2. The molecule has 0 fully saturated rings. The lowest BCUT2D eigenvalue weighted by atomic mass is 10.0. The highest BCUT2D eigenvalue weighted by molar-refractivity contribution is 7.94. The van der Waals surface area contributed by atoms with Gasteiger partial charge in [-0.15, -0.1) is 11.3 Å². The number of fused-ring (bicyclic) bond motifs is 1. The molecule has 2 aromatic carbocycles. The first kappa shape index (κ1) is 19.0. The van der Waals surface area contributed by atoms with Gasteiger partial charge in [-0.3, -0.25) is 9.03 Å². The Labute approximate surface area is 168 Å². The zero-order chi connectivity index (χ0) is 19.8. The minimum Gasteiger partial charge on any atom is -0.280 e. The Balaban J connectivity index is 1.66. The smallest absolute Gasteiger partial charge is 0.273 e. The second-order valence-electron chi connectivity index (χ2n) is 6.37. The number of rotatable bonds is 5. The average Bonchev–Trinajstić information content (AvgIpc) is 3.23. The van der Waals surface area contributed by atoms with Crippen molar-refractivity contribution in [2.75, 3.05) is 15.6 Å². The van der Waals surface area contributed by atoms with Gasteiger partial charge in [0.25, 0.3) is 20.0 Å². The van der Waals surface area contributed by atoms with Gasteiger partial charge in [0.1, 0.15) is 4.21 Å². The zero-order valence-corrected chi connectivity index (χ0v) is 17.2. The molecule has 2 heterocycles. The molecule has 1 N–H and O–H groups in total. The van der Waals surface area contributed by atoms with E-state index in [0.717, 1.165) is 5.56 Å². The van der Waals surface area contributed by atoms with Gasteiger partial charge in [0.05, 0.1) is 10.6 Å². The van der Waals surface area contributed by atoms with Crippen molar-refractivity contribution < 1.29 is 16.8 Å². The Hall–Kier alpha value is -2.36. The number of benzene rings is 2. The SMILES string of the molecule is O=S(=O)(Nc1ccc2c(c1)CCCN2S(=O)(=O)c1cccs1)c1ccccc1. The molecule has 4 rings (SSSR count). The highest BCUT2D eigenvalue weighted by Gasteiger charge is 2.30. The average molecular weight is 435 g/mol. The van der Waals surface area contributed by atoms with Crippen LogP contribution >= 0.6 is 11.3 Å². The third kappa shape index (κ3) is 3.52. The summed E-state index contributed by atoms with van der Waals surface area (Å²) < 4.78 is 55.2. The lowest BCUT2D eigenvalue weighted by Crippen LogP contribution is -2.35. The Morgan fingerprint density at radius 2 is 1.71 bits per heavy atom. The summed E-state index contributed by atoms with van der Waals surface area (Å²) in [6.45, 7) is 0.405. The van der Waals surface area contributed by atoms with E-state index in [2.05, 4.69) is 4.72 Å². The molecule has 3 aromatic rings. The van der Waals surface area contributed by atoms with Gasteiger partial charge in [-0.1, -0.05) is 24.3 Å². The van der Waals surface area contributed by atoms with Crippen LogP contribution in [0.25, 0.3) is 0 Å². The molecule has 1 aromatic heterocycles. The van der Waals surface area contributed by atoms with Crippen LogP contribution in [0.15, 0.2) is 75.1 Å². The second-order valence-corrected chi connectivity index (χ2v) is 11.1. The molecular formula is C19H18N2O4S3. The van der Waals surface area contributed by atoms with Crippen molar-refractivity contribution >= 4 is 42.8 Å². The summed E-state index contributed by atoms with van der Waals surface area (Å²) in [7, 11) is -7.31. The Morgan fingerprint density at radius 3 is 2.43 bits per heavy atom. The number of aryl methyl sites for hydroxylation is 1. The summed E-state index contributed by atoms with van der Waals surface area (Å²) in [5.74, 6) is 0. The van der Waals surface area contributed by atoms with Crippen LogP contribution < -0.4 is 9.03 Å². The fourth-order valence-electron chi connectivity index (χ4n) is 3.21. The molecule has 0 unspecified atom stereocenters. The van der Waals surface area contributed by atoms with Crippen LogP contribution in [0, 0.1) is 0 Å². The van der Waals surface area contributed by atoms with Gasteiger partial charge in [-0.05, 0) is 60.2 Å². The molecule has 0 aliphatic carbocycles. The maximum Gasteiger partial charge on any atom is 0.273 e. The third-order valence-electron chi connectivity index (χ3n) is 4.50. The molecule has 0 amide bonds. The van der Waals surface area contributed by atoms with Gasteiger partial charge < -0.3 is 0 Å². The zero-order valence-electron chi connectivity index (χ0n) is 14.8. The second kappa shape index (κ2) is 7.23. The molecule has 0 saturated carbocycles. The molecule has 0 spiro atoms. The summed E-state index contributed by atoms with van der Waals surface area (Å²) in [5, 5.41) is 1.74. The normalized spacial score (nSPS) is 14.5. The number of nitrogens with zero attached hydrogens (tertiary/aromatic N) is 1. The largest absolute Gasteiger partial charge is 0.280 e. The first-order chi connectivity index (χ1) is 13.4. The molecular weight excluding hydrogens is 416 g/mol. The Bertz CT molecular complexity index is 1190. The van der Waals surface area contributed by atoms with E-state index in [-0.39, 0.29) is 4.90 Å². The molecule has 1 aliphatic rings. The van der Waals surface area contributed by atoms with Crippen LogP contribution in [0.3, 0.4) is 0 Å². The van der Waals surface area contributed by atoms with E-state index in [9.17, 15) is 16.8 Å².